The Morgan fingerprint density at radius 1 is 1.24 bits per heavy atom. The molecule has 0 unspecified atom stereocenters. The lowest BCUT2D eigenvalue weighted by Gasteiger charge is -2.41. The first kappa shape index (κ1) is 24.4. The van der Waals surface area contributed by atoms with Crippen LogP contribution in [0.2, 0.25) is 0 Å². The van der Waals surface area contributed by atoms with Gasteiger partial charge in [-0.25, -0.2) is 9.18 Å². The normalized spacial score (nSPS) is 23.6. The molecule has 2 heterocycles. The Morgan fingerprint density at radius 3 is 2.65 bits per heavy atom. The Morgan fingerprint density at radius 2 is 2.00 bits per heavy atom. The summed E-state index contributed by atoms with van der Waals surface area (Å²) in [5.41, 5.74) is 0.453. The van der Waals surface area contributed by atoms with Crippen molar-refractivity contribution in [2.75, 3.05) is 40.3 Å². The van der Waals surface area contributed by atoms with Crippen LogP contribution in [-0.4, -0.2) is 78.4 Å². The molecule has 4 rings (SSSR count). The fourth-order valence-corrected chi connectivity index (χ4v) is 5.55. The average molecular weight is 471 g/mol. The standard InChI is InChI=1S/C26H35FN4O3/c1-29(2)13-6-14-31-24(33)26(28-25(31)34,18-19-7-5-10-22(27)17-19)21-11-15-30(16-12-21)23(32)20-8-3-4-9-20/h5,7-8,10,17,21H,3-4,6,9,11-16,18H2,1-2H3,(H,28,34)/t26-/m1/s1. The molecule has 0 aromatic heterocycles. The lowest BCUT2D eigenvalue weighted by Crippen LogP contribution is -2.58. The van der Waals surface area contributed by atoms with Gasteiger partial charge in [-0.1, -0.05) is 18.2 Å². The van der Waals surface area contributed by atoms with Crippen molar-refractivity contribution in [1.29, 1.82) is 0 Å². The number of benzene rings is 1. The van der Waals surface area contributed by atoms with Crippen LogP contribution >= 0.6 is 0 Å². The van der Waals surface area contributed by atoms with Crippen LogP contribution in [0.5, 0.6) is 0 Å². The number of rotatable bonds is 8. The van der Waals surface area contributed by atoms with E-state index in [4.69, 9.17) is 0 Å². The number of nitrogens with one attached hydrogen (secondary N) is 1. The number of hydrogen-bond donors (Lipinski definition) is 1. The van der Waals surface area contributed by atoms with E-state index in [1.165, 1.54) is 17.0 Å². The molecule has 1 N–H and O–H groups in total. The zero-order valence-corrected chi connectivity index (χ0v) is 20.2. The molecule has 1 aromatic rings. The van der Waals surface area contributed by atoms with Crippen molar-refractivity contribution in [3.63, 3.8) is 0 Å². The minimum atomic E-state index is -1.12. The first-order valence-corrected chi connectivity index (χ1v) is 12.3. The van der Waals surface area contributed by atoms with E-state index in [-0.39, 0.29) is 36.0 Å². The molecule has 1 aromatic carbocycles. The van der Waals surface area contributed by atoms with Gasteiger partial charge in [-0.2, -0.15) is 0 Å². The van der Waals surface area contributed by atoms with Gasteiger partial charge in [-0.15, -0.1) is 0 Å². The Kier molecular flexibility index (Phi) is 7.36. The topological polar surface area (TPSA) is 73.0 Å². The summed E-state index contributed by atoms with van der Waals surface area (Å²) in [6.45, 7) is 2.22. The van der Waals surface area contributed by atoms with Crippen LogP contribution in [0.25, 0.3) is 0 Å². The van der Waals surface area contributed by atoms with Gasteiger partial charge in [-0.05, 0) is 82.8 Å². The fourth-order valence-electron chi connectivity index (χ4n) is 5.55. The number of imide groups is 1. The highest BCUT2D eigenvalue weighted by Crippen LogP contribution is 2.37. The second kappa shape index (κ2) is 10.3. The van der Waals surface area contributed by atoms with Crippen molar-refractivity contribution >= 4 is 17.8 Å². The Labute approximate surface area is 201 Å². The number of halogens is 1. The molecule has 184 valence electrons. The van der Waals surface area contributed by atoms with Gasteiger partial charge in [0.2, 0.25) is 5.91 Å². The van der Waals surface area contributed by atoms with Crippen LogP contribution < -0.4 is 5.32 Å². The number of amides is 4. The molecule has 7 nitrogen and oxygen atoms in total. The first-order chi connectivity index (χ1) is 16.3. The average Bonchev–Trinajstić information content (AvgIpc) is 3.42. The van der Waals surface area contributed by atoms with Crippen molar-refractivity contribution in [3.05, 3.63) is 47.3 Å². The minimum absolute atomic E-state index is 0.0993. The minimum Gasteiger partial charge on any atom is -0.339 e. The maximum atomic E-state index is 14.0. The molecule has 2 aliphatic heterocycles. The van der Waals surface area contributed by atoms with Gasteiger partial charge in [0.25, 0.3) is 5.91 Å². The summed E-state index contributed by atoms with van der Waals surface area (Å²) < 4.78 is 14.0. The van der Waals surface area contributed by atoms with E-state index >= 15 is 0 Å². The van der Waals surface area contributed by atoms with Crippen LogP contribution in [0.4, 0.5) is 9.18 Å². The predicted molar refractivity (Wildman–Crippen MR) is 127 cm³/mol. The van der Waals surface area contributed by atoms with Crippen molar-refractivity contribution < 1.29 is 18.8 Å². The van der Waals surface area contributed by atoms with Crippen molar-refractivity contribution in [3.8, 4) is 0 Å². The van der Waals surface area contributed by atoms with Crippen molar-refractivity contribution in [1.82, 2.24) is 20.0 Å². The Hall–Kier alpha value is -2.74. The van der Waals surface area contributed by atoms with E-state index in [1.807, 2.05) is 30.0 Å². The number of likely N-dealkylation sites (tertiary alicyclic amines) is 1. The lowest BCUT2D eigenvalue weighted by molar-refractivity contribution is -0.135. The number of urea groups is 1. The molecule has 4 amide bonds. The third kappa shape index (κ3) is 5.02. The fraction of sp³-hybridized carbons (Fsp3) is 0.577. The lowest BCUT2D eigenvalue weighted by atomic mass is 9.73. The molecule has 1 atom stereocenters. The number of carbonyl (C=O) groups is 3. The Bertz CT molecular complexity index is 971. The molecular formula is C26H35FN4O3. The zero-order valence-electron chi connectivity index (χ0n) is 20.2. The molecule has 0 spiro atoms. The first-order valence-electron chi connectivity index (χ1n) is 12.3. The van der Waals surface area contributed by atoms with Gasteiger partial charge in [0, 0.05) is 31.6 Å². The second-order valence-corrected chi connectivity index (χ2v) is 10.0. The van der Waals surface area contributed by atoms with Crippen LogP contribution in [0, 0.1) is 11.7 Å². The van der Waals surface area contributed by atoms with Gasteiger partial charge < -0.3 is 15.1 Å². The highest BCUT2D eigenvalue weighted by molar-refractivity contribution is 6.07. The highest BCUT2D eigenvalue weighted by Gasteiger charge is 2.55. The van der Waals surface area contributed by atoms with E-state index in [9.17, 15) is 18.8 Å². The molecule has 8 heteroatoms. The number of carbonyl (C=O) groups excluding carboxylic acids is 3. The van der Waals surface area contributed by atoms with Crippen LogP contribution in [0.15, 0.2) is 35.9 Å². The molecule has 1 aliphatic carbocycles. The van der Waals surface area contributed by atoms with E-state index in [1.54, 1.807) is 12.1 Å². The van der Waals surface area contributed by atoms with Gasteiger partial charge in [0.05, 0.1) is 0 Å². The largest absolute Gasteiger partial charge is 0.339 e. The summed E-state index contributed by atoms with van der Waals surface area (Å²) >= 11 is 0. The molecule has 2 fully saturated rings. The van der Waals surface area contributed by atoms with E-state index in [2.05, 4.69) is 5.32 Å². The van der Waals surface area contributed by atoms with E-state index in [0.29, 0.717) is 44.5 Å². The summed E-state index contributed by atoms with van der Waals surface area (Å²) in [6.07, 6.45) is 7.01. The maximum absolute atomic E-state index is 14.0. The molecule has 34 heavy (non-hydrogen) atoms. The molecular weight excluding hydrogens is 435 g/mol. The SMILES string of the molecule is CN(C)CCCN1C(=O)N[C@](Cc2cccc(F)c2)(C2CCN(C(=O)C3=CCCC3)CC2)C1=O. The Balaban J connectivity index is 1.53. The maximum Gasteiger partial charge on any atom is 0.325 e. The van der Waals surface area contributed by atoms with Crippen LogP contribution in [0.1, 0.15) is 44.1 Å². The van der Waals surface area contributed by atoms with E-state index < -0.39 is 5.54 Å². The van der Waals surface area contributed by atoms with Crippen molar-refractivity contribution in [2.45, 2.75) is 50.5 Å². The third-order valence-corrected chi connectivity index (χ3v) is 7.36. The molecule has 3 aliphatic rings. The summed E-state index contributed by atoms with van der Waals surface area (Å²) in [7, 11) is 3.91. The molecule has 2 saturated heterocycles. The number of hydrogen-bond acceptors (Lipinski definition) is 4. The smallest absolute Gasteiger partial charge is 0.325 e. The predicted octanol–water partition coefficient (Wildman–Crippen LogP) is 2.96. The van der Waals surface area contributed by atoms with Gasteiger partial charge in [0.15, 0.2) is 0 Å². The van der Waals surface area contributed by atoms with Gasteiger partial charge in [-0.3, -0.25) is 14.5 Å². The monoisotopic (exact) mass is 470 g/mol. The summed E-state index contributed by atoms with van der Waals surface area (Å²) in [5, 5.41) is 3.03. The van der Waals surface area contributed by atoms with Gasteiger partial charge >= 0.3 is 6.03 Å². The number of piperidine rings is 1. The van der Waals surface area contributed by atoms with E-state index in [0.717, 1.165) is 31.4 Å². The summed E-state index contributed by atoms with van der Waals surface area (Å²) in [6, 6.07) is 5.85. The second-order valence-electron chi connectivity index (χ2n) is 10.0. The van der Waals surface area contributed by atoms with Gasteiger partial charge in [0.1, 0.15) is 11.4 Å². The highest BCUT2D eigenvalue weighted by atomic mass is 19.1. The number of allylic oxidation sites excluding steroid dienone is 1. The zero-order chi connectivity index (χ0) is 24.3. The molecule has 0 saturated carbocycles. The van der Waals surface area contributed by atoms with Crippen LogP contribution in [0.3, 0.4) is 0 Å². The summed E-state index contributed by atoms with van der Waals surface area (Å²) in [5.74, 6) is -0.629. The third-order valence-electron chi connectivity index (χ3n) is 7.36. The van der Waals surface area contributed by atoms with Crippen LogP contribution in [-0.2, 0) is 16.0 Å². The quantitative estimate of drug-likeness (QED) is 0.593. The molecule has 0 bridgehead atoms. The number of nitrogens with zero attached hydrogens (tertiary/aromatic N) is 3. The van der Waals surface area contributed by atoms with Crippen molar-refractivity contribution in [2.24, 2.45) is 5.92 Å². The molecule has 0 radical (unpaired) electrons. The summed E-state index contributed by atoms with van der Waals surface area (Å²) in [4.78, 5) is 44.8.